The number of benzene rings is 2. The highest BCUT2D eigenvalue weighted by Crippen LogP contribution is 2.30. The van der Waals surface area contributed by atoms with E-state index in [4.69, 9.17) is 27.9 Å². The zero-order chi connectivity index (χ0) is 20.1. The average molecular weight is 436 g/mol. The number of rotatable bonds is 8. The van der Waals surface area contributed by atoms with Crippen molar-refractivity contribution in [2.45, 2.75) is 44.3 Å². The second-order valence-electron chi connectivity index (χ2n) is 6.95. The number of hydrogen-bond donors (Lipinski definition) is 0. The van der Waals surface area contributed by atoms with E-state index in [0.717, 1.165) is 28.3 Å². The molecule has 0 aliphatic carbocycles. The number of para-hydroxylation sites is 1. The second-order valence-corrected chi connectivity index (χ2v) is 8.74. The van der Waals surface area contributed by atoms with Crippen molar-refractivity contribution in [1.29, 1.82) is 0 Å². The SMILES string of the molecule is CC(C)Cn1c(SCc2ccc(Cl)cc2)nnc1C(C)Oc1ccccc1Cl. The van der Waals surface area contributed by atoms with Gasteiger partial charge in [-0.15, -0.1) is 10.2 Å². The Balaban J connectivity index is 1.79. The lowest BCUT2D eigenvalue weighted by atomic mass is 10.2. The molecule has 2 aromatic carbocycles. The fraction of sp³-hybridized carbons (Fsp3) is 0.333. The third-order valence-corrected chi connectivity index (χ3v) is 5.68. The summed E-state index contributed by atoms with van der Waals surface area (Å²) in [4.78, 5) is 0. The van der Waals surface area contributed by atoms with Crippen LogP contribution in [-0.2, 0) is 12.3 Å². The van der Waals surface area contributed by atoms with E-state index < -0.39 is 0 Å². The van der Waals surface area contributed by atoms with Gasteiger partial charge in [-0.1, -0.05) is 73.1 Å². The summed E-state index contributed by atoms with van der Waals surface area (Å²) in [6.45, 7) is 7.15. The minimum atomic E-state index is -0.268. The van der Waals surface area contributed by atoms with Gasteiger partial charge in [-0.25, -0.2) is 0 Å². The molecule has 0 radical (unpaired) electrons. The fourth-order valence-corrected chi connectivity index (χ4v) is 3.97. The van der Waals surface area contributed by atoms with E-state index in [-0.39, 0.29) is 6.10 Å². The van der Waals surface area contributed by atoms with E-state index in [9.17, 15) is 0 Å². The first-order valence-corrected chi connectivity index (χ1v) is 10.9. The van der Waals surface area contributed by atoms with E-state index in [0.29, 0.717) is 16.7 Å². The molecule has 0 amide bonds. The van der Waals surface area contributed by atoms with E-state index in [2.05, 4.69) is 28.6 Å². The molecular weight excluding hydrogens is 413 g/mol. The molecule has 1 heterocycles. The van der Waals surface area contributed by atoms with Gasteiger partial charge in [0.25, 0.3) is 0 Å². The maximum atomic E-state index is 6.23. The summed E-state index contributed by atoms with van der Waals surface area (Å²) in [5, 5.41) is 11.1. The molecule has 28 heavy (non-hydrogen) atoms. The molecule has 1 unspecified atom stereocenters. The third-order valence-electron chi connectivity index (χ3n) is 4.08. The topological polar surface area (TPSA) is 39.9 Å². The lowest BCUT2D eigenvalue weighted by Crippen LogP contribution is -2.15. The van der Waals surface area contributed by atoms with Crippen LogP contribution in [0.1, 0.15) is 38.3 Å². The highest BCUT2D eigenvalue weighted by atomic mass is 35.5. The largest absolute Gasteiger partial charge is 0.481 e. The Morgan fingerprint density at radius 2 is 1.71 bits per heavy atom. The standard InChI is InChI=1S/C21H23Cl2N3OS/c1-14(2)12-26-20(15(3)27-19-7-5-4-6-18(19)23)24-25-21(26)28-13-16-8-10-17(22)11-9-16/h4-11,14-15H,12-13H2,1-3H3. The minimum absolute atomic E-state index is 0.268. The van der Waals surface area contributed by atoms with Crippen molar-refractivity contribution in [3.63, 3.8) is 0 Å². The first kappa shape index (κ1) is 21.0. The summed E-state index contributed by atoms with van der Waals surface area (Å²) in [7, 11) is 0. The van der Waals surface area contributed by atoms with Crippen LogP contribution in [-0.4, -0.2) is 14.8 Å². The van der Waals surface area contributed by atoms with Crippen molar-refractivity contribution < 1.29 is 4.74 Å². The summed E-state index contributed by atoms with van der Waals surface area (Å²) >= 11 is 13.9. The molecule has 0 saturated heterocycles. The molecule has 148 valence electrons. The number of hydrogen-bond acceptors (Lipinski definition) is 4. The molecule has 1 aromatic heterocycles. The van der Waals surface area contributed by atoms with Crippen LogP contribution in [0.2, 0.25) is 10.0 Å². The summed E-state index contributed by atoms with van der Waals surface area (Å²) in [5.41, 5.74) is 1.19. The van der Waals surface area contributed by atoms with E-state index >= 15 is 0 Å². The lowest BCUT2D eigenvalue weighted by molar-refractivity contribution is 0.207. The van der Waals surface area contributed by atoms with Crippen molar-refractivity contribution in [2.75, 3.05) is 0 Å². The number of nitrogens with zero attached hydrogens (tertiary/aromatic N) is 3. The van der Waals surface area contributed by atoms with Crippen LogP contribution in [0.15, 0.2) is 53.7 Å². The molecule has 0 aliphatic heterocycles. The zero-order valence-electron chi connectivity index (χ0n) is 16.1. The molecule has 0 spiro atoms. The predicted molar refractivity (Wildman–Crippen MR) is 116 cm³/mol. The van der Waals surface area contributed by atoms with Gasteiger partial charge >= 0.3 is 0 Å². The Bertz CT molecular complexity index is 912. The summed E-state index contributed by atoms with van der Waals surface area (Å²) in [6, 6.07) is 15.3. The van der Waals surface area contributed by atoms with Gasteiger partial charge in [-0.05, 0) is 42.7 Å². The van der Waals surface area contributed by atoms with E-state index in [1.807, 2.05) is 55.5 Å². The maximum Gasteiger partial charge on any atom is 0.191 e. The van der Waals surface area contributed by atoms with Crippen LogP contribution >= 0.6 is 35.0 Å². The van der Waals surface area contributed by atoms with Crippen molar-refractivity contribution in [3.05, 3.63) is 70.0 Å². The summed E-state index contributed by atoms with van der Waals surface area (Å²) in [6.07, 6.45) is -0.268. The summed E-state index contributed by atoms with van der Waals surface area (Å²) < 4.78 is 8.21. The second kappa shape index (κ2) is 9.68. The molecule has 7 heteroatoms. The highest BCUT2D eigenvalue weighted by Gasteiger charge is 2.21. The van der Waals surface area contributed by atoms with Gasteiger partial charge in [0, 0.05) is 17.3 Å². The first-order valence-electron chi connectivity index (χ1n) is 9.15. The van der Waals surface area contributed by atoms with Crippen molar-refractivity contribution >= 4 is 35.0 Å². The monoisotopic (exact) mass is 435 g/mol. The fourth-order valence-electron chi connectivity index (χ4n) is 2.76. The van der Waals surface area contributed by atoms with Gasteiger partial charge in [0.2, 0.25) is 0 Å². The van der Waals surface area contributed by atoms with E-state index in [1.54, 1.807) is 11.8 Å². The number of thioether (sulfide) groups is 1. The van der Waals surface area contributed by atoms with Crippen LogP contribution in [0.4, 0.5) is 0 Å². The molecule has 1 atom stereocenters. The molecule has 3 rings (SSSR count). The Kier molecular flexibility index (Phi) is 7.27. The highest BCUT2D eigenvalue weighted by molar-refractivity contribution is 7.98. The molecular formula is C21H23Cl2N3OS. The van der Waals surface area contributed by atoms with E-state index in [1.165, 1.54) is 5.56 Å². The van der Waals surface area contributed by atoms with Crippen LogP contribution in [0.5, 0.6) is 5.75 Å². The number of ether oxygens (including phenoxy) is 1. The third kappa shape index (κ3) is 5.43. The normalized spacial score (nSPS) is 12.4. The lowest BCUT2D eigenvalue weighted by Gasteiger charge is -2.18. The van der Waals surface area contributed by atoms with Crippen LogP contribution in [0.3, 0.4) is 0 Å². The smallest absolute Gasteiger partial charge is 0.191 e. The van der Waals surface area contributed by atoms with Crippen LogP contribution in [0, 0.1) is 5.92 Å². The molecule has 0 saturated carbocycles. The van der Waals surface area contributed by atoms with Gasteiger partial charge in [-0.2, -0.15) is 0 Å². The Hall–Kier alpha value is -1.69. The number of aromatic nitrogens is 3. The Labute approximate surface area is 180 Å². The molecule has 0 N–H and O–H groups in total. The van der Waals surface area contributed by atoms with Crippen LogP contribution in [0.25, 0.3) is 0 Å². The number of halogens is 2. The predicted octanol–water partition coefficient (Wildman–Crippen LogP) is 6.67. The molecule has 0 bridgehead atoms. The average Bonchev–Trinajstić information content (AvgIpc) is 3.05. The van der Waals surface area contributed by atoms with Crippen molar-refractivity contribution in [1.82, 2.24) is 14.8 Å². The van der Waals surface area contributed by atoms with Gasteiger partial charge in [0.15, 0.2) is 17.1 Å². The van der Waals surface area contributed by atoms with Gasteiger partial charge in [0.1, 0.15) is 5.75 Å². The molecule has 4 nitrogen and oxygen atoms in total. The zero-order valence-corrected chi connectivity index (χ0v) is 18.4. The minimum Gasteiger partial charge on any atom is -0.481 e. The Morgan fingerprint density at radius 3 is 2.39 bits per heavy atom. The maximum absolute atomic E-state index is 6.23. The van der Waals surface area contributed by atoms with Gasteiger partial charge in [-0.3, -0.25) is 0 Å². The quantitative estimate of drug-likeness (QED) is 0.370. The van der Waals surface area contributed by atoms with Crippen molar-refractivity contribution in [2.24, 2.45) is 5.92 Å². The van der Waals surface area contributed by atoms with Crippen LogP contribution < -0.4 is 4.74 Å². The Morgan fingerprint density at radius 1 is 1.00 bits per heavy atom. The first-order chi connectivity index (χ1) is 13.4. The molecule has 0 aliphatic rings. The van der Waals surface area contributed by atoms with Gasteiger partial charge in [0.05, 0.1) is 5.02 Å². The molecule has 0 fully saturated rings. The molecule has 3 aromatic rings. The summed E-state index contributed by atoms with van der Waals surface area (Å²) in [5.74, 6) is 2.70. The van der Waals surface area contributed by atoms with Crippen molar-refractivity contribution in [3.8, 4) is 5.75 Å². The van der Waals surface area contributed by atoms with Gasteiger partial charge < -0.3 is 9.30 Å².